The van der Waals surface area contributed by atoms with E-state index in [1.165, 1.54) is 0 Å². The second-order valence-electron chi connectivity index (χ2n) is 2.54. The van der Waals surface area contributed by atoms with Crippen LogP contribution in [0.3, 0.4) is 0 Å². The lowest BCUT2D eigenvalue weighted by Gasteiger charge is -2.13. The summed E-state index contributed by atoms with van der Waals surface area (Å²) in [6, 6.07) is 3.15. The van der Waals surface area contributed by atoms with Gasteiger partial charge >= 0.3 is 5.97 Å². The first-order chi connectivity index (χ1) is 7.10. The van der Waals surface area contributed by atoms with Crippen molar-refractivity contribution in [2.45, 2.75) is 0 Å². The van der Waals surface area contributed by atoms with Crippen molar-refractivity contribution in [1.82, 2.24) is 0 Å². The fourth-order valence-electron chi connectivity index (χ4n) is 1.05. The van der Waals surface area contributed by atoms with Gasteiger partial charge in [0, 0.05) is 19.5 Å². The van der Waals surface area contributed by atoms with Crippen LogP contribution in [0.25, 0.3) is 0 Å². The zero-order chi connectivity index (χ0) is 11.4. The van der Waals surface area contributed by atoms with Crippen molar-refractivity contribution in [3.8, 4) is 0 Å². The summed E-state index contributed by atoms with van der Waals surface area (Å²) in [5, 5.41) is 16.4. The third-order valence-electron chi connectivity index (χ3n) is 1.67. The van der Waals surface area contributed by atoms with E-state index in [1.807, 2.05) is 0 Å². The molecule has 0 aliphatic rings. The minimum atomic E-state index is -1.21. The summed E-state index contributed by atoms with van der Waals surface area (Å²) in [6.07, 6.45) is 0. The van der Waals surface area contributed by atoms with E-state index in [4.69, 9.17) is 5.11 Å². The predicted molar refractivity (Wildman–Crippen MR) is 54.9 cm³/mol. The maximum atomic E-state index is 12.9. The number of carboxylic acids is 1. The number of hydrazone groups is 2. The maximum absolute atomic E-state index is 12.9. The van der Waals surface area contributed by atoms with Gasteiger partial charge < -0.3 is 5.11 Å². The lowest BCUT2D eigenvalue weighted by atomic mass is 10.2. The highest BCUT2D eigenvalue weighted by Gasteiger charge is 2.15. The van der Waals surface area contributed by atoms with Crippen molar-refractivity contribution in [3.05, 3.63) is 29.6 Å². The van der Waals surface area contributed by atoms with Gasteiger partial charge in [-0.25, -0.2) is 9.18 Å². The van der Waals surface area contributed by atoms with E-state index in [0.717, 1.165) is 23.3 Å². The third-order valence-corrected chi connectivity index (χ3v) is 1.67. The van der Waals surface area contributed by atoms with Gasteiger partial charge in [-0.05, 0) is 12.1 Å². The van der Waals surface area contributed by atoms with Crippen LogP contribution in [0.2, 0.25) is 0 Å². The number of carbonyl (C=O) groups is 1. The Morgan fingerprint density at radius 2 is 2.00 bits per heavy atom. The van der Waals surface area contributed by atoms with Crippen molar-refractivity contribution in [3.63, 3.8) is 0 Å². The number of hydrogen-bond donors (Lipinski definition) is 1. The molecule has 0 unspecified atom stereocenters. The molecule has 0 saturated heterocycles. The molecular formula is C9H8FN3O2. The van der Waals surface area contributed by atoms with Crippen molar-refractivity contribution in [2.75, 3.05) is 5.12 Å². The summed E-state index contributed by atoms with van der Waals surface area (Å²) < 4.78 is 12.9. The van der Waals surface area contributed by atoms with Gasteiger partial charge in [0.15, 0.2) is 0 Å². The normalized spacial score (nSPS) is 9.40. The SMILES string of the molecule is C=NN(N=C)c1cc(F)ccc1C(=O)O. The lowest BCUT2D eigenvalue weighted by Crippen LogP contribution is -2.12. The Morgan fingerprint density at radius 1 is 1.40 bits per heavy atom. The van der Waals surface area contributed by atoms with Crippen molar-refractivity contribution in [1.29, 1.82) is 0 Å². The van der Waals surface area contributed by atoms with Crippen LogP contribution in [0.15, 0.2) is 28.4 Å². The first-order valence-corrected chi connectivity index (χ1v) is 3.86. The van der Waals surface area contributed by atoms with Gasteiger partial charge in [-0.15, -0.1) is 0 Å². The Kier molecular flexibility index (Phi) is 3.12. The first-order valence-electron chi connectivity index (χ1n) is 3.86. The zero-order valence-corrected chi connectivity index (χ0v) is 7.72. The highest BCUT2D eigenvalue weighted by atomic mass is 19.1. The summed E-state index contributed by atoms with van der Waals surface area (Å²) >= 11 is 0. The largest absolute Gasteiger partial charge is 0.478 e. The Morgan fingerprint density at radius 3 is 2.47 bits per heavy atom. The second kappa shape index (κ2) is 4.32. The molecule has 78 valence electrons. The zero-order valence-electron chi connectivity index (χ0n) is 7.72. The molecular weight excluding hydrogens is 201 g/mol. The number of nitrogens with zero attached hydrogens (tertiary/aromatic N) is 3. The maximum Gasteiger partial charge on any atom is 0.337 e. The van der Waals surface area contributed by atoms with E-state index in [2.05, 4.69) is 23.6 Å². The number of benzene rings is 1. The molecule has 0 fully saturated rings. The average molecular weight is 209 g/mol. The predicted octanol–water partition coefficient (Wildman–Crippen LogP) is 1.56. The summed E-state index contributed by atoms with van der Waals surface area (Å²) in [4.78, 5) is 10.8. The van der Waals surface area contributed by atoms with Crippen molar-refractivity contribution >= 4 is 25.1 Å². The van der Waals surface area contributed by atoms with Crippen LogP contribution in [-0.2, 0) is 0 Å². The molecule has 1 aromatic rings. The molecule has 5 nitrogen and oxygen atoms in total. The minimum absolute atomic E-state index is 0.0208. The molecule has 0 heterocycles. The van der Waals surface area contributed by atoms with Gasteiger partial charge in [0.25, 0.3) is 0 Å². The number of hydrogen-bond acceptors (Lipinski definition) is 4. The lowest BCUT2D eigenvalue weighted by molar-refractivity contribution is 0.0697. The molecule has 1 aromatic carbocycles. The molecule has 6 heteroatoms. The van der Waals surface area contributed by atoms with Crippen molar-refractivity contribution in [2.24, 2.45) is 10.2 Å². The van der Waals surface area contributed by atoms with E-state index < -0.39 is 11.8 Å². The Hall–Kier alpha value is -2.24. The van der Waals surface area contributed by atoms with Gasteiger partial charge in [-0.3, -0.25) is 0 Å². The smallest absolute Gasteiger partial charge is 0.337 e. The number of halogens is 1. The van der Waals surface area contributed by atoms with Crippen LogP contribution in [0.4, 0.5) is 10.1 Å². The summed E-state index contributed by atoms with van der Waals surface area (Å²) in [6.45, 7) is 6.33. The molecule has 1 rings (SSSR count). The molecule has 0 saturated carbocycles. The molecule has 0 atom stereocenters. The number of aromatic carboxylic acids is 1. The number of rotatable bonds is 4. The molecule has 0 amide bonds. The van der Waals surface area contributed by atoms with E-state index in [9.17, 15) is 9.18 Å². The monoisotopic (exact) mass is 209 g/mol. The topological polar surface area (TPSA) is 65.3 Å². The van der Waals surface area contributed by atoms with Gasteiger partial charge in [0.05, 0.1) is 5.56 Å². The van der Waals surface area contributed by atoms with Crippen LogP contribution in [-0.4, -0.2) is 24.5 Å². The standard InChI is InChI=1S/C9H8FN3O2/c1-11-13(12-2)8-5-6(10)3-4-7(8)9(14)15/h3-5H,1-2H2,(H,14,15). The number of anilines is 1. The van der Waals surface area contributed by atoms with E-state index >= 15 is 0 Å². The van der Waals surface area contributed by atoms with Crippen LogP contribution >= 0.6 is 0 Å². The number of carboxylic acid groups (broad SMARTS) is 1. The highest BCUT2D eigenvalue weighted by molar-refractivity contribution is 5.94. The van der Waals surface area contributed by atoms with Gasteiger partial charge in [-0.2, -0.15) is 15.3 Å². The minimum Gasteiger partial charge on any atom is -0.478 e. The molecule has 0 aromatic heterocycles. The molecule has 1 N–H and O–H groups in total. The molecule has 15 heavy (non-hydrogen) atoms. The van der Waals surface area contributed by atoms with Crippen molar-refractivity contribution < 1.29 is 14.3 Å². The quantitative estimate of drug-likeness (QED) is 0.604. The molecule has 0 aliphatic carbocycles. The summed E-state index contributed by atoms with van der Waals surface area (Å²) in [5.74, 6) is -1.80. The summed E-state index contributed by atoms with van der Waals surface area (Å²) in [5.41, 5.74) is -0.149. The Labute approximate surface area is 85.1 Å². The first kappa shape index (κ1) is 10.8. The third kappa shape index (κ3) is 2.16. The molecule has 0 aliphatic heterocycles. The molecule has 0 spiro atoms. The second-order valence-corrected chi connectivity index (χ2v) is 2.54. The Bertz CT molecular complexity index is 412. The molecule has 0 bridgehead atoms. The molecule has 0 radical (unpaired) electrons. The average Bonchev–Trinajstić information content (AvgIpc) is 2.19. The van der Waals surface area contributed by atoms with Crippen LogP contribution in [0.1, 0.15) is 10.4 Å². The van der Waals surface area contributed by atoms with E-state index in [1.54, 1.807) is 0 Å². The summed E-state index contributed by atoms with van der Waals surface area (Å²) in [7, 11) is 0. The fraction of sp³-hybridized carbons (Fsp3) is 0. The van der Waals surface area contributed by atoms with Gasteiger partial charge in [0.2, 0.25) is 0 Å². The van der Waals surface area contributed by atoms with Crippen LogP contribution < -0.4 is 5.12 Å². The van der Waals surface area contributed by atoms with Gasteiger partial charge in [0.1, 0.15) is 11.5 Å². The highest BCUT2D eigenvalue weighted by Crippen LogP contribution is 2.22. The van der Waals surface area contributed by atoms with Crippen LogP contribution in [0.5, 0.6) is 0 Å². The van der Waals surface area contributed by atoms with E-state index in [0.29, 0.717) is 0 Å². The van der Waals surface area contributed by atoms with Gasteiger partial charge in [-0.1, -0.05) is 0 Å². The fourth-order valence-corrected chi connectivity index (χ4v) is 1.05. The van der Waals surface area contributed by atoms with Crippen LogP contribution in [0, 0.1) is 5.82 Å². The Balaban J connectivity index is 3.34. The van der Waals surface area contributed by atoms with E-state index in [-0.39, 0.29) is 11.3 Å².